The van der Waals surface area contributed by atoms with Gasteiger partial charge in [0.25, 0.3) is 0 Å². The predicted octanol–water partition coefficient (Wildman–Crippen LogP) is 0.273. The number of thioether (sulfide) groups is 2. The molecule has 3 amide bonds. The summed E-state index contributed by atoms with van der Waals surface area (Å²) in [5.41, 5.74) is 7.20. The molecule has 1 aromatic carbocycles. The van der Waals surface area contributed by atoms with Gasteiger partial charge in [0.05, 0.1) is 12.4 Å². The number of aromatic amines is 1. The first-order chi connectivity index (χ1) is 18.6. The number of carboxylic acids is 1. The van der Waals surface area contributed by atoms with E-state index in [-0.39, 0.29) is 25.0 Å². The highest BCUT2D eigenvalue weighted by atomic mass is 32.2. The molecular weight excluding hydrogens is 544 g/mol. The lowest BCUT2D eigenvalue weighted by atomic mass is 10.0. The van der Waals surface area contributed by atoms with Gasteiger partial charge in [-0.1, -0.05) is 12.1 Å². The molecule has 0 bridgehead atoms. The first kappa shape index (κ1) is 32.0. The van der Waals surface area contributed by atoms with Gasteiger partial charge in [-0.05, 0) is 54.6 Å². The van der Waals surface area contributed by atoms with Crippen LogP contribution in [0.25, 0.3) is 0 Å². The Hall–Kier alpha value is -3.23. The number of rotatable bonds is 17. The summed E-state index contributed by atoms with van der Waals surface area (Å²) >= 11 is 3.01. The highest BCUT2D eigenvalue weighted by Gasteiger charge is 2.30. The molecule has 4 unspecified atom stereocenters. The van der Waals surface area contributed by atoms with Crippen LogP contribution in [-0.2, 0) is 32.0 Å². The average molecular weight is 581 g/mol. The maximum Gasteiger partial charge on any atom is 0.326 e. The summed E-state index contributed by atoms with van der Waals surface area (Å²) in [4.78, 5) is 57.8. The van der Waals surface area contributed by atoms with Gasteiger partial charge in [0.15, 0.2) is 0 Å². The normalized spacial score (nSPS) is 14.0. The van der Waals surface area contributed by atoms with Crippen molar-refractivity contribution in [2.24, 2.45) is 5.73 Å². The number of amides is 3. The minimum absolute atomic E-state index is 0.0161. The molecule has 0 aliphatic rings. The first-order valence-electron chi connectivity index (χ1n) is 12.3. The monoisotopic (exact) mass is 580 g/mol. The van der Waals surface area contributed by atoms with Crippen molar-refractivity contribution >= 4 is 47.2 Å². The van der Waals surface area contributed by atoms with Crippen molar-refractivity contribution in [2.45, 2.75) is 49.9 Å². The van der Waals surface area contributed by atoms with Crippen molar-refractivity contribution in [1.82, 2.24) is 25.9 Å². The number of H-pyrrole nitrogens is 1. The van der Waals surface area contributed by atoms with Gasteiger partial charge < -0.3 is 36.9 Å². The number of imidazole rings is 1. The lowest BCUT2D eigenvalue weighted by Gasteiger charge is -2.25. The van der Waals surface area contributed by atoms with E-state index in [1.165, 1.54) is 36.4 Å². The molecule has 39 heavy (non-hydrogen) atoms. The van der Waals surface area contributed by atoms with Crippen molar-refractivity contribution in [1.29, 1.82) is 0 Å². The minimum atomic E-state index is -1.24. The summed E-state index contributed by atoms with van der Waals surface area (Å²) in [5.74, 6) is -1.76. The molecule has 0 aliphatic heterocycles. The van der Waals surface area contributed by atoms with E-state index in [4.69, 9.17) is 5.73 Å². The van der Waals surface area contributed by atoms with Gasteiger partial charge in [0, 0.05) is 24.7 Å². The van der Waals surface area contributed by atoms with Crippen molar-refractivity contribution in [3.8, 4) is 5.75 Å². The van der Waals surface area contributed by atoms with Crippen LogP contribution in [0.3, 0.4) is 0 Å². The summed E-state index contributed by atoms with van der Waals surface area (Å²) in [6, 6.07) is 2.02. The van der Waals surface area contributed by atoms with Gasteiger partial charge in [0.1, 0.15) is 23.9 Å². The Bertz CT molecular complexity index is 1070. The van der Waals surface area contributed by atoms with Gasteiger partial charge in [-0.25, -0.2) is 9.78 Å². The number of aromatic hydroxyl groups is 1. The van der Waals surface area contributed by atoms with Crippen LogP contribution in [0.4, 0.5) is 0 Å². The zero-order valence-electron chi connectivity index (χ0n) is 21.9. The van der Waals surface area contributed by atoms with E-state index in [0.29, 0.717) is 29.2 Å². The zero-order chi connectivity index (χ0) is 28.8. The Balaban J connectivity index is 2.19. The number of hydrogen-bond acceptors (Lipinski definition) is 9. The van der Waals surface area contributed by atoms with E-state index in [2.05, 4.69) is 25.9 Å². The Morgan fingerprint density at radius 3 is 2.08 bits per heavy atom. The molecule has 2 aromatic rings. The maximum absolute atomic E-state index is 13.4. The van der Waals surface area contributed by atoms with E-state index in [1.807, 2.05) is 12.5 Å². The molecule has 1 heterocycles. The fourth-order valence-electron chi connectivity index (χ4n) is 3.60. The van der Waals surface area contributed by atoms with Crippen LogP contribution in [0.5, 0.6) is 5.75 Å². The van der Waals surface area contributed by atoms with Crippen molar-refractivity contribution in [2.75, 3.05) is 24.0 Å². The number of nitrogens with one attached hydrogen (secondary N) is 4. The Morgan fingerprint density at radius 1 is 0.897 bits per heavy atom. The first-order valence-corrected chi connectivity index (χ1v) is 15.1. The highest BCUT2D eigenvalue weighted by Crippen LogP contribution is 2.13. The van der Waals surface area contributed by atoms with Crippen LogP contribution in [0.15, 0.2) is 36.8 Å². The number of nitrogens with two attached hydrogens (primary N) is 1. The Morgan fingerprint density at radius 2 is 1.49 bits per heavy atom. The fraction of sp³-hybridized carbons (Fsp3) is 0.480. The van der Waals surface area contributed by atoms with Crippen LogP contribution in [0, 0.1) is 0 Å². The van der Waals surface area contributed by atoms with Crippen LogP contribution >= 0.6 is 23.5 Å². The molecule has 14 heteroatoms. The van der Waals surface area contributed by atoms with Gasteiger partial charge >= 0.3 is 5.97 Å². The molecule has 0 saturated carbocycles. The molecule has 0 spiro atoms. The lowest BCUT2D eigenvalue weighted by molar-refractivity contribution is -0.142. The smallest absolute Gasteiger partial charge is 0.326 e. The summed E-state index contributed by atoms with van der Waals surface area (Å²) in [7, 11) is 0. The predicted molar refractivity (Wildman–Crippen MR) is 152 cm³/mol. The summed E-state index contributed by atoms with van der Waals surface area (Å²) < 4.78 is 0. The molecular formula is C25H36N6O6S2. The molecule has 1 aromatic heterocycles. The van der Waals surface area contributed by atoms with Gasteiger partial charge in [0.2, 0.25) is 17.7 Å². The number of carbonyl (C=O) groups excluding carboxylic acids is 3. The minimum Gasteiger partial charge on any atom is -0.508 e. The summed E-state index contributed by atoms with van der Waals surface area (Å²) in [6.45, 7) is 0. The Kier molecular flexibility index (Phi) is 13.7. The van der Waals surface area contributed by atoms with Crippen LogP contribution < -0.4 is 21.7 Å². The largest absolute Gasteiger partial charge is 0.508 e. The molecule has 12 nitrogen and oxygen atoms in total. The number of carboxylic acid groups (broad SMARTS) is 1. The molecule has 0 aliphatic carbocycles. The van der Waals surface area contributed by atoms with E-state index < -0.39 is 47.9 Å². The van der Waals surface area contributed by atoms with Crippen LogP contribution in [0.1, 0.15) is 24.1 Å². The number of aliphatic carboxylic acids is 1. The Labute approximate surface area is 235 Å². The number of phenolic OH excluding ortho intramolecular Hbond substituents is 1. The summed E-state index contributed by atoms with van der Waals surface area (Å²) in [6.07, 6.45) is 7.35. The highest BCUT2D eigenvalue weighted by molar-refractivity contribution is 7.98. The van der Waals surface area contributed by atoms with Crippen molar-refractivity contribution in [3.63, 3.8) is 0 Å². The maximum atomic E-state index is 13.4. The second kappa shape index (κ2) is 16.7. The molecule has 8 N–H and O–H groups in total. The van der Waals surface area contributed by atoms with E-state index >= 15 is 0 Å². The SMILES string of the molecule is CSCCC(N)C(=O)NC(Cc1ccc(O)cc1)C(=O)NC(CCSC)C(=O)NC(Cc1cnc[nH]1)C(=O)O. The van der Waals surface area contributed by atoms with Gasteiger partial charge in [-0.2, -0.15) is 23.5 Å². The average Bonchev–Trinajstić information content (AvgIpc) is 3.42. The third kappa shape index (κ3) is 11.2. The van der Waals surface area contributed by atoms with Crippen molar-refractivity contribution < 1.29 is 29.4 Å². The quantitative estimate of drug-likeness (QED) is 0.136. The third-order valence-corrected chi connectivity index (χ3v) is 7.10. The zero-order valence-corrected chi connectivity index (χ0v) is 23.5. The molecule has 0 radical (unpaired) electrons. The van der Waals surface area contributed by atoms with Gasteiger partial charge in [-0.15, -0.1) is 0 Å². The molecule has 214 valence electrons. The van der Waals surface area contributed by atoms with Gasteiger partial charge in [-0.3, -0.25) is 14.4 Å². The lowest BCUT2D eigenvalue weighted by Crippen LogP contribution is -2.58. The second-order valence-corrected chi connectivity index (χ2v) is 10.8. The van der Waals surface area contributed by atoms with Crippen LogP contribution in [-0.4, -0.2) is 92.1 Å². The molecule has 0 fully saturated rings. The number of carbonyl (C=O) groups is 4. The number of phenols is 1. The van der Waals surface area contributed by atoms with Crippen molar-refractivity contribution in [3.05, 3.63) is 48.0 Å². The molecule has 2 rings (SSSR count). The fourth-order valence-corrected chi connectivity index (χ4v) is 4.56. The third-order valence-electron chi connectivity index (χ3n) is 5.82. The number of aromatic nitrogens is 2. The second-order valence-electron chi connectivity index (χ2n) is 8.84. The molecule has 0 saturated heterocycles. The van der Waals surface area contributed by atoms with E-state index in [1.54, 1.807) is 23.9 Å². The topological polar surface area (TPSA) is 200 Å². The number of hydrogen-bond donors (Lipinski definition) is 7. The number of nitrogens with zero attached hydrogens (tertiary/aromatic N) is 1. The van der Waals surface area contributed by atoms with E-state index in [0.717, 1.165) is 0 Å². The number of benzene rings is 1. The van der Waals surface area contributed by atoms with Crippen LogP contribution in [0.2, 0.25) is 0 Å². The molecule has 4 atom stereocenters. The summed E-state index contributed by atoms with van der Waals surface area (Å²) in [5, 5.41) is 27.1. The standard InChI is InChI=1S/C25H36N6O6S2/c1-38-9-7-18(26)22(33)30-20(11-15-3-5-17(32)6-4-15)24(35)29-19(8-10-39-2)23(34)31-21(25(36)37)12-16-13-27-14-28-16/h3-6,13-14,18-21,32H,7-12,26H2,1-2H3,(H,27,28)(H,29,35)(H,30,33)(H,31,34)(H,36,37). The van der Waals surface area contributed by atoms with E-state index in [9.17, 15) is 29.4 Å².